The molecule has 1 unspecified atom stereocenters. The molecule has 3 aromatic rings. The summed E-state index contributed by atoms with van der Waals surface area (Å²) in [7, 11) is 0. The lowest BCUT2D eigenvalue weighted by Gasteiger charge is -2.43. The molecule has 5 rings (SSSR count). The molecule has 0 saturated carbocycles. The fourth-order valence-electron chi connectivity index (χ4n) is 5.38. The van der Waals surface area contributed by atoms with Gasteiger partial charge in [0.15, 0.2) is 6.29 Å². The number of ether oxygens (including phenoxy) is 2. The minimum absolute atomic E-state index is 0.117. The SMILES string of the molecule is FC(F)(F)c1cc(C(F)(F)F)cc(C2(CO[C@@H]3OCCN(Cc4ccccc4)[C@H]3c3ccccc3)C=CC=CC2)c1. The first-order valence-electron chi connectivity index (χ1n) is 13.3. The van der Waals surface area contributed by atoms with Gasteiger partial charge in [0, 0.05) is 18.5 Å². The Morgan fingerprint density at radius 2 is 1.46 bits per heavy atom. The molecule has 0 spiro atoms. The second-order valence-corrected chi connectivity index (χ2v) is 10.3. The van der Waals surface area contributed by atoms with E-state index in [1.54, 1.807) is 24.3 Å². The van der Waals surface area contributed by atoms with Gasteiger partial charge in [-0.2, -0.15) is 26.3 Å². The molecule has 1 heterocycles. The number of alkyl halides is 6. The van der Waals surface area contributed by atoms with E-state index < -0.39 is 35.2 Å². The molecule has 0 N–H and O–H groups in total. The summed E-state index contributed by atoms with van der Waals surface area (Å²) >= 11 is 0. The molecule has 0 bridgehead atoms. The molecule has 0 radical (unpaired) electrons. The van der Waals surface area contributed by atoms with Crippen molar-refractivity contribution in [2.45, 2.75) is 43.1 Å². The largest absolute Gasteiger partial charge is 0.416 e. The third-order valence-corrected chi connectivity index (χ3v) is 7.49. The van der Waals surface area contributed by atoms with Crippen molar-refractivity contribution in [3.8, 4) is 0 Å². The second kappa shape index (κ2) is 11.8. The predicted octanol–water partition coefficient (Wildman–Crippen LogP) is 8.09. The van der Waals surface area contributed by atoms with E-state index >= 15 is 0 Å². The molecule has 1 fully saturated rings. The summed E-state index contributed by atoms with van der Waals surface area (Å²) in [5.74, 6) is 0. The minimum atomic E-state index is -4.95. The van der Waals surface area contributed by atoms with Crippen molar-refractivity contribution >= 4 is 0 Å². The quantitative estimate of drug-likeness (QED) is 0.267. The number of rotatable bonds is 7. The van der Waals surface area contributed by atoms with E-state index in [1.807, 2.05) is 60.7 Å². The van der Waals surface area contributed by atoms with E-state index in [0.717, 1.165) is 23.3 Å². The molecule has 3 aromatic carbocycles. The van der Waals surface area contributed by atoms with Crippen LogP contribution in [-0.2, 0) is 33.8 Å². The van der Waals surface area contributed by atoms with Gasteiger partial charge in [0.2, 0.25) is 0 Å². The van der Waals surface area contributed by atoms with E-state index in [4.69, 9.17) is 9.47 Å². The van der Waals surface area contributed by atoms with E-state index in [2.05, 4.69) is 4.90 Å². The van der Waals surface area contributed by atoms with Gasteiger partial charge in [-0.3, -0.25) is 4.90 Å². The topological polar surface area (TPSA) is 21.7 Å². The summed E-state index contributed by atoms with van der Waals surface area (Å²) in [4.78, 5) is 2.22. The molecule has 0 aromatic heterocycles. The van der Waals surface area contributed by atoms with Crippen molar-refractivity contribution < 1.29 is 35.8 Å². The first kappa shape index (κ1) is 29.1. The van der Waals surface area contributed by atoms with Gasteiger partial charge in [-0.15, -0.1) is 0 Å². The van der Waals surface area contributed by atoms with Gasteiger partial charge in [0.25, 0.3) is 0 Å². The molecule has 2 aliphatic rings. The molecule has 216 valence electrons. The molecule has 1 aliphatic heterocycles. The van der Waals surface area contributed by atoms with Gasteiger partial charge >= 0.3 is 12.4 Å². The van der Waals surface area contributed by atoms with Gasteiger partial charge in [0.1, 0.15) is 0 Å². The third kappa shape index (κ3) is 6.74. The highest BCUT2D eigenvalue weighted by molar-refractivity contribution is 5.43. The van der Waals surface area contributed by atoms with Crippen LogP contribution < -0.4 is 0 Å². The van der Waals surface area contributed by atoms with E-state index in [-0.39, 0.29) is 30.7 Å². The van der Waals surface area contributed by atoms with Crippen LogP contribution in [0.25, 0.3) is 0 Å². The van der Waals surface area contributed by atoms with Crippen LogP contribution in [0.15, 0.2) is 103 Å². The van der Waals surface area contributed by atoms with Gasteiger partial charge in [-0.1, -0.05) is 85.0 Å². The summed E-state index contributed by atoms with van der Waals surface area (Å²) in [6, 6.07) is 20.9. The lowest BCUT2D eigenvalue weighted by atomic mass is 9.75. The molecule has 0 amide bonds. The highest BCUT2D eigenvalue weighted by atomic mass is 19.4. The number of halogens is 6. The number of hydrogen-bond donors (Lipinski definition) is 0. The summed E-state index contributed by atoms with van der Waals surface area (Å²) in [5, 5.41) is 0. The van der Waals surface area contributed by atoms with E-state index in [1.165, 1.54) is 0 Å². The van der Waals surface area contributed by atoms with Crippen LogP contribution in [0.1, 0.15) is 40.3 Å². The Hall–Kier alpha value is -3.40. The van der Waals surface area contributed by atoms with Crippen molar-refractivity contribution in [2.24, 2.45) is 0 Å². The zero-order valence-corrected chi connectivity index (χ0v) is 22.0. The Balaban J connectivity index is 1.48. The van der Waals surface area contributed by atoms with Crippen molar-refractivity contribution in [1.82, 2.24) is 4.90 Å². The van der Waals surface area contributed by atoms with Gasteiger partial charge in [-0.05, 0) is 41.3 Å². The first-order chi connectivity index (χ1) is 19.6. The molecule has 41 heavy (non-hydrogen) atoms. The lowest BCUT2D eigenvalue weighted by Crippen LogP contribution is -2.47. The van der Waals surface area contributed by atoms with Crippen LogP contribution in [-0.4, -0.2) is 30.9 Å². The zero-order valence-electron chi connectivity index (χ0n) is 22.0. The summed E-state index contributed by atoms with van der Waals surface area (Å²) in [6.45, 7) is 1.40. The van der Waals surface area contributed by atoms with Gasteiger partial charge in [-0.25, -0.2) is 0 Å². The Labute approximate surface area is 234 Å². The Bertz CT molecular complexity index is 1340. The Morgan fingerprint density at radius 1 is 0.829 bits per heavy atom. The molecular weight excluding hydrogens is 544 g/mol. The zero-order chi connectivity index (χ0) is 29.1. The van der Waals surface area contributed by atoms with Crippen molar-refractivity contribution in [1.29, 1.82) is 0 Å². The van der Waals surface area contributed by atoms with Crippen LogP contribution in [0, 0.1) is 0 Å². The first-order valence-corrected chi connectivity index (χ1v) is 13.3. The molecule has 9 heteroatoms. The monoisotopic (exact) mass is 573 g/mol. The lowest BCUT2D eigenvalue weighted by molar-refractivity contribution is -0.217. The number of nitrogens with zero attached hydrogens (tertiary/aromatic N) is 1. The number of morpholine rings is 1. The van der Waals surface area contributed by atoms with Crippen molar-refractivity contribution in [3.05, 3.63) is 131 Å². The molecule has 1 saturated heterocycles. The third-order valence-electron chi connectivity index (χ3n) is 7.49. The molecule has 3 atom stereocenters. The standard InChI is InChI=1S/C32H29F6NO2/c33-31(34,35)26-18-25(19-27(20-26)32(36,37)38)30(14-8-3-9-15-30)22-41-29-28(24-12-6-2-7-13-24)39(16-17-40-29)21-23-10-4-1-5-11-23/h1-14,18-20,28-29H,15-17,21-22H2/t28-,29-,30?/m0/s1. The molecule has 1 aliphatic carbocycles. The van der Waals surface area contributed by atoms with Gasteiger partial charge in [0.05, 0.1) is 30.4 Å². The molecule has 3 nitrogen and oxygen atoms in total. The Kier molecular flexibility index (Phi) is 8.40. The maximum absolute atomic E-state index is 13.7. The Morgan fingerprint density at radius 3 is 2.05 bits per heavy atom. The maximum Gasteiger partial charge on any atom is 0.416 e. The van der Waals surface area contributed by atoms with Crippen LogP contribution in [0.3, 0.4) is 0 Å². The minimum Gasteiger partial charge on any atom is -0.349 e. The number of hydrogen-bond acceptors (Lipinski definition) is 3. The number of benzene rings is 3. The summed E-state index contributed by atoms with van der Waals surface area (Å²) in [5.41, 5.74) is -2.06. The summed E-state index contributed by atoms with van der Waals surface area (Å²) < 4.78 is 94.7. The number of allylic oxidation sites excluding steroid dienone is 3. The fourth-order valence-corrected chi connectivity index (χ4v) is 5.38. The highest BCUT2D eigenvalue weighted by Gasteiger charge is 2.42. The smallest absolute Gasteiger partial charge is 0.349 e. The summed E-state index contributed by atoms with van der Waals surface area (Å²) in [6.07, 6.45) is -3.87. The fraction of sp³-hybridized carbons (Fsp3) is 0.312. The van der Waals surface area contributed by atoms with E-state index in [9.17, 15) is 26.3 Å². The molecular formula is C32H29F6NO2. The van der Waals surface area contributed by atoms with E-state index in [0.29, 0.717) is 19.7 Å². The average molecular weight is 574 g/mol. The predicted molar refractivity (Wildman–Crippen MR) is 143 cm³/mol. The van der Waals surface area contributed by atoms with Crippen LogP contribution in [0.4, 0.5) is 26.3 Å². The normalized spacial score (nSPS) is 23.6. The average Bonchev–Trinajstić information content (AvgIpc) is 2.96. The van der Waals surface area contributed by atoms with Crippen LogP contribution in [0.2, 0.25) is 0 Å². The maximum atomic E-state index is 13.7. The second-order valence-electron chi connectivity index (χ2n) is 10.3. The highest BCUT2D eigenvalue weighted by Crippen LogP contribution is 2.42. The van der Waals surface area contributed by atoms with Gasteiger partial charge < -0.3 is 9.47 Å². The van der Waals surface area contributed by atoms with Crippen molar-refractivity contribution in [2.75, 3.05) is 19.8 Å². The van der Waals surface area contributed by atoms with Crippen molar-refractivity contribution in [3.63, 3.8) is 0 Å². The van der Waals surface area contributed by atoms with Crippen LogP contribution >= 0.6 is 0 Å². The van der Waals surface area contributed by atoms with Crippen LogP contribution in [0.5, 0.6) is 0 Å².